The molecule has 152 valence electrons. The lowest BCUT2D eigenvalue weighted by molar-refractivity contribution is -0.140. The molecule has 0 aliphatic carbocycles. The van der Waals surface area contributed by atoms with Gasteiger partial charge in [-0.3, -0.25) is 9.69 Å². The van der Waals surface area contributed by atoms with Gasteiger partial charge in [-0.15, -0.1) is 0 Å². The van der Waals surface area contributed by atoms with Crippen LogP contribution in [-0.4, -0.2) is 86.5 Å². The summed E-state index contributed by atoms with van der Waals surface area (Å²) in [5, 5.41) is 13.5. The molecular weight excluding hydrogens is 346 g/mol. The smallest absolute Gasteiger partial charge is 0.306 e. The monoisotopic (exact) mass is 379 g/mol. The van der Waals surface area contributed by atoms with Crippen LogP contribution in [0.25, 0.3) is 0 Å². The molecule has 7 nitrogen and oxygen atoms in total. The van der Waals surface area contributed by atoms with Crippen LogP contribution in [0.1, 0.15) is 18.9 Å². The number of ether oxygens (including phenoxy) is 2. The molecule has 1 aliphatic rings. The molecule has 1 aromatic carbocycles. The molecule has 0 bridgehead atoms. The van der Waals surface area contributed by atoms with Gasteiger partial charge in [0.25, 0.3) is 0 Å². The van der Waals surface area contributed by atoms with Crippen molar-refractivity contribution in [2.24, 2.45) is 0 Å². The van der Waals surface area contributed by atoms with Crippen LogP contribution >= 0.6 is 0 Å². The Hall–Kier alpha value is -1.67. The third-order valence-corrected chi connectivity index (χ3v) is 4.78. The SMILES string of the molecule is CCN1CCN(C[C@@H](O)COc2cccc(CNCCC(=O)OC)c2)CC1. The number of aliphatic hydroxyl groups excluding tert-OH is 1. The Bertz CT molecular complexity index is 562. The molecule has 0 unspecified atom stereocenters. The first-order chi connectivity index (χ1) is 13.1. The molecule has 1 aliphatic heterocycles. The average Bonchev–Trinajstić information content (AvgIpc) is 2.70. The number of esters is 1. The number of β-amino-alcohol motifs (C(OH)–C–C–N with tert-alkyl or cyclic N) is 1. The predicted molar refractivity (Wildman–Crippen MR) is 105 cm³/mol. The standard InChI is InChI=1S/C20H33N3O4/c1-3-22-9-11-23(12-10-22)15-18(24)16-27-19-6-4-5-17(13-19)14-21-8-7-20(25)26-2/h4-6,13,18,21,24H,3,7-12,14-16H2,1-2H3/t18-/m1/s1. The largest absolute Gasteiger partial charge is 0.491 e. The zero-order valence-electron chi connectivity index (χ0n) is 16.5. The predicted octanol–water partition coefficient (Wildman–Crippen LogP) is 0.717. The van der Waals surface area contributed by atoms with Crippen molar-refractivity contribution in [3.8, 4) is 5.75 Å². The topological polar surface area (TPSA) is 74.3 Å². The number of likely N-dealkylation sites (N-methyl/N-ethyl adjacent to an activating group) is 1. The minimum Gasteiger partial charge on any atom is -0.491 e. The first-order valence-corrected chi connectivity index (χ1v) is 9.72. The lowest BCUT2D eigenvalue weighted by atomic mass is 10.2. The van der Waals surface area contributed by atoms with Crippen LogP contribution < -0.4 is 10.1 Å². The van der Waals surface area contributed by atoms with E-state index in [2.05, 4.69) is 26.8 Å². The van der Waals surface area contributed by atoms with Gasteiger partial charge in [0.15, 0.2) is 0 Å². The number of piperazine rings is 1. The number of rotatable bonds is 11. The van der Waals surface area contributed by atoms with E-state index in [9.17, 15) is 9.90 Å². The normalized spacial score (nSPS) is 16.9. The highest BCUT2D eigenvalue weighted by Gasteiger charge is 2.18. The molecule has 7 heteroatoms. The Morgan fingerprint density at radius 2 is 2.00 bits per heavy atom. The summed E-state index contributed by atoms with van der Waals surface area (Å²) < 4.78 is 10.4. The number of methoxy groups -OCH3 is 1. The molecule has 1 saturated heterocycles. The van der Waals surface area contributed by atoms with Crippen molar-refractivity contribution in [1.82, 2.24) is 15.1 Å². The van der Waals surface area contributed by atoms with Crippen molar-refractivity contribution in [3.63, 3.8) is 0 Å². The van der Waals surface area contributed by atoms with Gasteiger partial charge in [0.2, 0.25) is 0 Å². The van der Waals surface area contributed by atoms with Gasteiger partial charge < -0.3 is 24.8 Å². The van der Waals surface area contributed by atoms with Gasteiger partial charge in [0, 0.05) is 45.8 Å². The lowest BCUT2D eigenvalue weighted by Gasteiger charge is -2.34. The molecule has 27 heavy (non-hydrogen) atoms. The van der Waals surface area contributed by atoms with E-state index in [-0.39, 0.29) is 12.6 Å². The molecule has 2 rings (SSSR count). The maximum atomic E-state index is 11.1. The molecular formula is C20H33N3O4. The first-order valence-electron chi connectivity index (χ1n) is 9.72. The van der Waals surface area contributed by atoms with Gasteiger partial charge in [-0.1, -0.05) is 19.1 Å². The fourth-order valence-electron chi connectivity index (χ4n) is 3.10. The Labute approximate surface area is 162 Å². The van der Waals surface area contributed by atoms with Crippen LogP contribution in [0.3, 0.4) is 0 Å². The summed E-state index contributed by atoms with van der Waals surface area (Å²) in [5.41, 5.74) is 1.07. The number of nitrogens with one attached hydrogen (secondary N) is 1. The molecule has 0 saturated carbocycles. The quantitative estimate of drug-likeness (QED) is 0.433. The van der Waals surface area contributed by atoms with Crippen molar-refractivity contribution in [1.29, 1.82) is 0 Å². The van der Waals surface area contributed by atoms with Gasteiger partial charge in [-0.2, -0.15) is 0 Å². The van der Waals surface area contributed by atoms with Crippen LogP contribution in [0.2, 0.25) is 0 Å². The number of carbonyl (C=O) groups excluding carboxylic acids is 1. The molecule has 1 fully saturated rings. The summed E-state index contributed by atoms with van der Waals surface area (Å²) >= 11 is 0. The maximum Gasteiger partial charge on any atom is 0.306 e. The average molecular weight is 380 g/mol. The summed E-state index contributed by atoms with van der Waals surface area (Å²) in [6.07, 6.45) is -0.147. The Morgan fingerprint density at radius 1 is 1.26 bits per heavy atom. The summed E-state index contributed by atoms with van der Waals surface area (Å²) in [6, 6.07) is 7.78. The minimum atomic E-state index is -0.500. The van der Waals surface area contributed by atoms with E-state index in [0.717, 1.165) is 44.0 Å². The second kappa shape index (κ2) is 11.9. The first kappa shape index (κ1) is 21.6. The molecule has 0 amide bonds. The van der Waals surface area contributed by atoms with E-state index in [1.165, 1.54) is 7.11 Å². The fraction of sp³-hybridized carbons (Fsp3) is 0.650. The molecule has 0 radical (unpaired) electrons. The van der Waals surface area contributed by atoms with Gasteiger partial charge in [0.05, 0.1) is 13.5 Å². The van der Waals surface area contributed by atoms with Crippen LogP contribution in [-0.2, 0) is 16.1 Å². The highest BCUT2D eigenvalue weighted by atomic mass is 16.5. The van der Waals surface area contributed by atoms with Crippen LogP contribution in [0.5, 0.6) is 5.75 Å². The number of hydrogen-bond acceptors (Lipinski definition) is 7. The number of hydrogen-bond donors (Lipinski definition) is 2. The third-order valence-electron chi connectivity index (χ3n) is 4.78. The van der Waals surface area contributed by atoms with E-state index in [1.54, 1.807) is 0 Å². The number of nitrogens with zero attached hydrogens (tertiary/aromatic N) is 2. The summed E-state index contributed by atoms with van der Waals surface area (Å²) in [6.45, 7) is 9.55. The van der Waals surface area contributed by atoms with Crippen molar-refractivity contribution < 1.29 is 19.4 Å². The van der Waals surface area contributed by atoms with E-state index >= 15 is 0 Å². The zero-order chi connectivity index (χ0) is 19.5. The molecule has 1 heterocycles. The van der Waals surface area contributed by atoms with Crippen LogP contribution in [0.4, 0.5) is 0 Å². The van der Waals surface area contributed by atoms with Crippen molar-refractivity contribution in [3.05, 3.63) is 29.8 Å². The molecule has 2 N–H and O–H groups in total. The molecule has 1 aromatic rings. The summed E-state index contributed by atoms with van der Waals surface area (Å²) in [7, 11) is 1.39. The highest BCUT2D eigenvalue weighted by molar-refractivity contribution is 5.69. The highest BCUT2D eigenvalue weighted by Crippen LogP contribution is 2.14. The van der Waals surface area contributed by atoms with E-state index in [0.29, 0.717) is 26.1 Å². The van der Waals surface area contributed by atoms with Gasteiger partial charge in [-0.25, -0.2) is 0 Å². The Kier molecular flexibility index (Phi) is 9.55. The molecule has 0 aromatic heterocycles. The van der Waals surface area contributed by atoms with E-state index in [1.807, 2.05) is 24.3 Å². The Balaban J connectivity index is 1.67. The van der Waals surface area contributed by atoms with Crippen LogP contribution in [0.15, 0.2) is 24.3 Å². The summed E-state index contributed by atoms with van der Waals surface area (Å²) in [5.74, 6) is 0.529. The second-order valence-corrected chi connectivity index (χ2v) is 6.85. The minimum absolute atomic E-state index is 0.218. The van der Waals surface area contributed by atoms with Gasteiger partial charge in [0.1, 0.15) is 18.5 Å². The lowest BCUT2D eigenvalue weighted by Crippen LogP contribution is -2.49. The summed E-state index contributed by atoms with van der Waals surface area (Å²) in [4.78, 5) is 15.8. The molecule has 0 spiro atoms. The van der Waals surface area contributed by atoms with Gasteiger partial charge in [-0.05, 0) is 24.2 Å². The van der Waals surface area contributed by atoms with Gasteiger partial charge >= 0.3 is 5.97 Å². The van der Waals surface area contributed by atoms with E-state index < -0.39 is 6.10 Å². The molecule has 1 atom stereocenters. The van der Waals surface area contributed by atoms with Crippen molar-refractivity contribution in [2.45, 2.75) is 26.0 Å². The van der Waals surface area contributed by atoms with Crippen molar-refractivity contribution in [2.75, 3.05) is 59.5 Å². The number of benzene rings is 1. The zero-order valence-corrected chi connectivity index (χ0v) is 16.5. The van der Waals surface area contributed by atoms with E-state index in [4.69, 9.17) is 4.74 Å². The number of carbonyl (C=O) groups is 1. The second-order valence-electron chi connectivity index (χ2n) is 6.85. The Morgan fingerprint density at radius 3 is 2.70 bits per heavy atom. The van der Waals surface area contributed by atoms with Crippen molar-refractivity contribution >= 4 is 5.97 Å². The maximum absolute atomic E-state index is 11.1. The number of aliphatic hydroxyl groups is 1. The fourth-order valence-corrected chi connectivity index (χ4v) is 3.10. The third kappa shape index (κ3) is 8.26. The van der Waals surface area contributed by atoms with Crippen LogP contribution in [0, 0.1) is 0 Å².